The Morgan fingerprint density at radius 3 is 2.42 bits per heavy atom. The molecule has 7 heteroatoms. The lowest BCUT2D eigenvalue weighted by Crippen LogP contribution is -2.40. The first-order chi connectivity index (χ1) is 9.08. The lowest BCUT2D eigenvalue weighted by atomic mass is 10.3. The number of para-hydroxylation sites is 1. The Balaban J connectivity index is 2.50. The zero-order valence-electron chi connectivity index (χ0n) is 10.6. The smallest absolute Gasteiger partial charge is 0.313 e. The molecule has 104 valence electrons. The van der Waals surface area contributed by atoms with Crippen LogP contribution < -0.4 is 10.6 Å². The fourth-order valence-corrected chi connectivity index (χ4v) is 1.64. The summed E-state index contributed by atoms with van der Waals surface area (Å²) in [6, 6.07) is 7.01. The third-order valence-corrected chi connectivity index (χ3v) is 2.97. The molecule has 0 atom stereocenters. The van der Waals surface area contributed by atoms with Gasteiger partial charge in [0.25, 0.3) is 0 Å². The highest BCUT2D eigenvalue weighted by Gasteiger charge is 2.16. The summed E-state index contributed by atoms with van der Waals surface area (Å²) < 4.78 is 10.5. The van der Waals surface area contributed by atoms with Crippen LogP contribution in [0.25, 0.3) is 0 Å². The van der Waals surface area contributed by atoms with Gasteiger partial charge in [0.15, 0.2) is 6.29 Å². The van der Waals surface area contributed by atoms with Gasteiger partial charge in [0.05, 0.1) is 12.2 Å². The highest BCUT2D eigenvalue weighted by atomic mass is 79.9. The summed E-state index contributed by atoms with van der Waals surface area (Å²) >= 11 is 3.27. The van der Waals surface area contributed by atoms with Crippen LogP contribution in [0, 0.1) is 0 Å². The van der Waals surface area contributed by atoms with Crippen LogP contribution in [-0.4, -0.2) is 38.9 Å². The summed E-state index contributed by atoms with van der Waals surface area (Å²) in [6.07, 6.45) is -0.583. The van der Waals surface area contributed by atoms with Crippen molar-refractivity contribution in [2.75, 3.05) is 26.1 Å². The molecule has 2 N–H and O–H groups in total. The molecule has 0 bridgehead atoms. The molecule has 0 unspecified atom stereocenters. The maximum Gasteiger partial charge on any atom is 0.313 e. The van der Waals surface area contributed by atoms with Crippen LogP contribution in [0.15, 0.2) is 28.7 Å². The third-order valence-electron chi connectivity index (χ3n) is 2.28. The predicted molar refractivity (Wildman–Crippen MR) is 73.6 cm³/mol. The number of anilines is 1. The highest BCUT2D eigenvalue weighted by molar-refractivity contribution is 9.10. The lowest BCUT2D eigenvalue weighted by molar-refractivity contribution is -0.139. The van der Waals surface area contributed by atoms with Crippen molar-refractivity contribution in [1.29, 1.82) is 0 Å². The van der Waals surface area contributed by atoms with Crippen LogP contribution in [0.3, 0.4) is 0 Å². The molecule has 19 heavy (non-hydrogen) atoms. The number of methoxy groups -OCH3 is 2. The van der Waals surface area contributed by atoms with Gasteiger partial charge in [-0.1, -0.05) is 12.1 Å². The fraction of sp³-hybridized carbons (Fsp3) is 0.333. The molecule has 0 heterocycles. The van der Waals surface area contributed by atoms with E-state index in [2.05, 4.69) is 26.6 Å². The van der Waals surface area contributed by atoms with Gasteiger partial charge in [-0.3, -0.25) is 9.59 Å². The molecule has 0 radical (unpaired) electrons. The zero-order chi connectivity index (χ0) is 14.3. The Kier molecular flexibility index (Phi) is 6.48. The molecule has 1 aromatic carbocycles. The Bertz CT molecular complexity index is 449. The van der Waals surface area contributed by atoms with Crippen LogP contribution in [0.2, 0.25) is 0 Å². The third kappa shape index (κ3) is 4.98. The van der Waals surface area contributed by atoms with Crippen molar-refractivity contribution >= 4 is 33.4 Å². The first-order valence-corrected chi connectivity index (χ1v) is 6.27. The van der Waals surface area contributed by atoms with E-state index in [1.165, 1.54) is 14.2 Å². The van der Waals surface area contributed by atoms with Crippen molar-refractivity contribution in [3.8, 4) is 0 Å². The van der Waals surface area contributed by atoms with E-state index in [0.717, 1.165) is 0 Å². The van der Waals surface area contributed by atoms with Gasteiger partial charge in [-0.2, -0.15) is 0 Å². The van der Waals surface area contributed by atoms with E-state index in [1.807, 2.05) is 6.07 Å². The zero-order valence-corrected chi connectivity index (χ0v) is 12.2. The second-order valence-corrected chi connectivity index (χ2v) is 4.40. The maximum atomic E-state index is 11.6. The van der Waals surface area contributed by atoms with Gasteiger partial charge in [-0.05, 0) is 28.1 Å². The quantitative estimate of drug-likeness (QED) is 0.626. The van der Waals surface area contributed by atoms with E-state index in [9.17, 15) is 9.59 Å². The molecule has 1 rings (SSSR count). The van der Waals surface area contributed by atoms with Gasteiger partial charge >= 0.3 is 11.8 Å². The van der Waals surface area contributed by atoms with Crippen molar-refractivity contribution in [3.05, 3.63) is 28.7 Å². The molecular weight excluding hydrogens is 316 g/mol. The molecule has 0 spiro atoms. The monoisotopic (exact) mass is 330 g/mol. The second kappa shape index (κ2) is 7.88. The largest absolute Gasteiger partial charge is 0.354 e. The molecule has 0 fully saturated rings. The SMILES string of the molecule is COC(CNC(=O)C(=O)Nc1ccccc1Br)OC. The first kappa shape index (κ1) is 15.6. The van der Waals surface area contributed by atoms with Gasteiger partial charge in [0.2, 0.25) is 0 Å². The molecule has 0 aliphatic rings. The van der Waals surface area contributed by atoms with E-state index in [0.29, 0.717) is 10.2 Å². The van der Waals surface area contributed by atoms with Crippen molar-refractivity contribution in [1.82, 2.24) is 5.32 Å². The Morgan fingerprint density at radius 2 is 1.84 bits per heavy atom. The molecule has 0 saturated carbocycles. The number of ether oxygens (including phenoxy) is 2. The minimum atomic E-state index is -0.755. The number of nitrogens with one attached hydrogen (secondary N) is 2. The summed E-state index contributed by atoms with van der Waals surface area (Å²) in [5.74, 6) is -1.51. The summed E-state index contributed by atoms with van der Waals surface area (Å²) in [6.45, 7) is 0.0925. The van der Waals surface area contributed by atoms with Crippen LogP contribution in [0.5, 0.6) is 0 Å². The molecule has 0 aromatic heterocycles. The maximum absolute atomic E-state index is 11.6. The Labute approximate surface area is 119 Å². The van der Waals surface area contributed by atoms with Crippen molar-refractivity contribution in [2.45, 2.75) is 6.29 Å². The predicted octanol–water partition coefficient (Wildman–Crippen LogP) is 1.12. The number of amides is 2. The van der Waals surface area contributed by atoms with Gasteiger partial charge in [0, 0.05) is 18.7 Å². The van der Waals surface area contributed by atoms with Crippen molar-refractivity contribution in [3.63, 3.8) is 0 Å². The molecule has 0 saturated heterocycles. The topological polar surface area (TPSA) is 76.7 Å². The molecule has 6 nitrogen and oxygen atoms in total. The van der Waals surface area contributed by atoms with E-state index in [1.54, 1.807) is 18.2 Å². The van der Waals surface area contributed by atoms with E-state index >= 15 is 0 Å². The van der Waals surface area contributed by atoms with Crippen molar-refractivity contribution in [2.24, 2.45) is 0 Å². The molecule has 0 aliphatic carbocycles. The van der Waals surface area contributed by atoms with Gasteiger partial charge < -0.3 is 20.1 Å². The number of carbonyl (C=O) groups excluding carboxylic acids is 2. The van der Waals surface area contributed by atoms with Crippen LogP contribution in [0.4, 0.5) is 5.69 Å². The number of halogens is 1. The fourth-order valence-electron chi connectivity index (χ4n) is 1.26. The Hall–Kier alpha value is -1.44. The van der Waals surface area contributed by atoms with Crippen LogP contribution in [0.1, 0.15) is 0 Å². The normalized spacial score (nSPS) is 10.3. The van der Waals surface area contributed by atoms with Gasteiger partial charge in [0.1, 0.15) is 0 Å². The molecule has 2 amide bonds. The second-order valence-electron chi connectivity index (χ2n) is 3.54. The minimum absolute atomic E-state index is 0.0925. The number of rotatable bonds is 5. The Morgan fingerprint density at radius 1 is 1.21 bits per heavy atom. The average Bonchev–Trinajstić information content (AvgIpc) is 2.42. The summed E-state index contributed by atoms with van der Waals surface area (Å²) in [5.41, 5.74) is 0.526. The van der Waals surface area contributed by atoms with E-state index in [4.69, 9.17) is 9.47 Å². The minimum Gasteiger partial charge on any atom is -0.354 e. The van der Waals surface area contributed by atoms with Crippen molar-refractivity contribution < 1.29 is 19.1 Å². The summed E-state index contributed by atoms with van der Waals surface area (Å²) in [5, 5.41) is 4.90. The lowest BCUT2D eigenvalue weighted by Gasteiger charge is -2.14. The number of carbonyl (C=O) groups is 2. The summed E-state index contributed by atoms with van der Waals surface area (Å²) in [4.78, 5) is 23.2. The van der Waals surface area contributed by atoms with E-state index < -0.39 is 18.1 Å². The number of hydrogen-bond acceptors (Lipinski definition) is 4. The summed E-state index contributed by atoms with van der Waals surface area (Å²) in [7, 11) is 2.89. The first-order valence-electron chi connectivity index (χ1n) is 5.47. The standard InChI is InChI=1S/C12H15BrN2O4/c1-18-10(19-2)7-14-11(16)12(17)15-9-6-4-3-5-8(9)13/h3-6,10H,7H2,1-2H3,(H,14,16)(H,15,17). The number of benzene rings is 1. The number of hydrogen-bond donors (Lipinski definition) is 2. The van der Waals surface area contributed by atoms with Gasteiger partial charge in [-0.15, -0.1) is 0 Å². The molecule has 0 aliphatic heterocycles. The highest BCUT2D eigenvalue weighted by Crippen LogP contribution is 2.20. The van der Waals surface area contributed by atoms with Gasteiger partial charge in [-0.25, -0.2) is 0 Å². The van der Waals surface area contributed by atoms with E-state index in [-0.39, 0.29) is 6.54 Å². The molecular formula is C12H15BrN2O4. The van der Waals surface area contributed by atoms with Crippen LogP contribution >= 0.6 is 15.9 Å². The average molecular weight is 331 g/mol. The molecule has 1 aromatic rings. The van der Waals surface area contributed by atoms with Crippen LogP contribution in [-0.2, 0) is 19.1 Å².